The molecule has 8 heteroatoms. The fraction of sp³-hybridized carbons (Fsp3) is 0.719. The molecule has 0 radical (unpaired) electrons. The van der Waals surface area contributed by atoms with Crippen molar-refractivity contribution in [2.75, 3.05) is 18.0 Å². The third-order valence-electron chi connectivity index (χ3n) is 11.4. The molecule has 2 aliphatic carbocycles. The number of benzene rings is 1. The van der Waals surface area contributed by atoms with Crippen LogP contribution in [0.15, 0.2) is 29.1 Å². The molecule has 3 aliphatic heterocycles. The van der Waals surface area contributed by atoms with E-state index in [-0.39, 0.29) is 24.7 Å². The number of fused-ring (bicyclic) bond motifs is 5. The quantitative estimate of drug-likeness (QED) is 0.584. The third kappa shape index (κ3) is 4.28. The van der Waals surface area contributed by atoms with Gasteiger partial charge in [0, 0.05) is 24.2 Å². The molecule has 2 aromatic rings. The van der Waals surface area contributed by atoms with E-state index in [9.17, 15) is 14.7 Å². The number of hydrogen-bond acceptors (Lipinski definition) is 6. The average Bonchev–Trinajstić information content (AvgIpc) is 3.08. The second-order valence-corrected chi connectivity index (χ2v) is 14.2. The number of carboxylic acids is 1. The van der Waals surface area contributed by atoms with Gasteiger partial charge >= 0.3 is 5.97 Å². The zero-order valence-electron chi connectivity index (χ0n) is 24.0. The number of nitrogens with zero attached hydrogens (tertiary/aromatic N) is 4. The molecule has 1 aromatic heterocycles. The maximum absolute atomic E-state index is 14.2. The Bertz CT molecular complexity index is 1320. The van der Waals surface area contributed by atoms with Crippen LogP contribution >= 0.6 is 0 Å². The molecule has 5 aliphatic rings. The van der Waals surface area contributed by atoms with Crippen molar-refractivity contribution in [3.05, 3.63) is 34.6 Å². The van der Waals surface area contributed by atoms with E-state index in [0.29, 0.717) is 35.8 Å². The molecule has 0 amide bonds. The van der Waals surface area contributed by atoms with E-state index in [1.54, 1.807) is 4.90 Å². The van der Waals surface area contributed by atoms with Crippen LogP contribution in [0.25, 0.3) is 11.0 Å². The molecule has 7 rings (SSSR count). The van der Waals surface area contributed by atoms with Gasteiger partial charge in [-0.3, -0.25) is 14.5 Å². The van der Waals surface area contributed by atoms with Gasteiger partial charge in [-0.25, -0.2) is 4.98 Å². The summed E-state index contributed by atoms with van der Waals surface area (Å²) in [5.41, 5.74) is 6.29. The van der Waals surface area contributed by atoms with Crippen LogP contribution in [-0.2, 0) is 4.79 Å². The van der Waals surface area contributed by atoms with Crippen LogP contribution in [0.1, 0.15) is 84.1 Å². The number of aliphatic carboxylic acids is 1. The minimum absolute atomic E-state index is 0.102. The Morgan fingerprint density at radius 1 is 0.925 bits per heavy atom. The number of para-hydroxylation sites is 2. The Hall–Kier alpha value is -2.45. The lowest BCUT2D eigenvalue weighted by Crippen LogP contribution is -2.72. The van der Waals surface area contributed by atoms with Gasteiger partial charge in [0.2, 0.25) is 0 Å². The monoisotopic (exact) mass is 547 g/mol. The van der Waals surface area contributed by atoms with Crippen molar-refractivity contribution in [3.8, 4) is 0 Å². The molecule has 3 saturated heterocycles. The van der Waals surface area contributed by atoms with E-state index >= 15 is 0 Å². The minimum Gasteiger partial charge on any atom is -0.480 e. The summed E-state index contributed by atoms with van der Waals surface area (Å²) in [5.74, 6) is 2.29. The van der Waals surface area contributed by atoms with Crippen molar-refractivity contribution < 1.29 is 9.90 Å². The number of rotatable bonds is 4. The molecule has 4 heterocycles. The van der Waals surface area contributed by atoms with Crippen LogP contribution in [0.2, 0.25) is 0 Å². The number of piperidine rings is 2. The maximum atomic E-state index is 14.2. The SMILES string of the molecule is C[C@@H]1C[C@H](C)[C@H]2CC(n3c(=O)c(N4CC(N)(C(=O)O)C4)nc4ccccc43)C[C@@H]1N2C1C[C@H]2CCCC[C@@H](C1)C2. The highest BCUT2D eigenvalue weighted by Gasteiger charge is 2.51. The summed E-state index contributed by atoms with van der Waals surface area (Å²) in [6.07, 6.45) is 13.0. The molecule has 216 valence electrons. The van der Waals surface area contributed by atoms with E-state index in [0.717, 1.165) is 35.7 Å². The number of carboxylic acid groups (broad SMARTS) is 1. The van der Waals surface area contributed by atoms with Gasteiger partial charge in [0.05, 0.1) is 24.1 Å². The zero-order valence-corrected chi connectivity index (χ0v) is 24.0. The average molecular weight is 548 g/mol. The predicted octanol–water partition coefficient (Wildman–Crippen LogP) is 4.41. The summed E-state index contributed by atoms with van der Waals surface area (Å²) >= 11 is 0. The van der Waals surface area contributed by atoms with Crippen LogP contribution < -0.4 is 16.2 Å². The lowest BCUT2D eigenvalue weighted by molar-refractivity contribution is -0.144. The summed E-state index contributed by atoms with van der Waals surface area (Å²) in [7, 11) is 0. The van der Waals surface area contributed by atoms with Crippen LogP contribution in [0.4, 0.5) is 5.82 Å². The smallest absolute Gasteiger partial charge is 0.327 e. The van der Waals surface area contributed by atoms with Crippen molar-refractivity contribution >= 4 is 22.8 Å². The molecule has 5 fully saturated rings. The van der Waals surface area contributed by atoms with E-state index in [1.165, 1.54) is 51.4 Å². The summed E-state index contributed by atoms with van der Waals surface area (Å²) < 4.78 is 2.03. The predicted molar refractivity (Wildman–Crippen MR) is 156 cm³/mol. The van der Waals surface area contributed by atoms with Gasteiger partial charge < -0.3 is 20.3 Å². The Labute approximate surface area is 236 Å². The van der Waals surface area contributed by atoms with Gasteiger partial charge in [0.15, 0.2) is 5.82 Å². The van der Waals surface area contributed by atoms with E-state index in [4.69, 9.17) is 10.7 Å². The van der Waals surface area contributed by atoms with E-state index < -0.39 is 11.5 Å². The van der Waals surface area contributed by atoms with Gasteiger partial charge in [-0.15, -0.1) is 0 Å². The first-order valence-electron chi connectivity index (χ1n) is 15.8. The van der Waals surface area contributed by atoms with Crippen molar-refractivity contribution in [2.24, 2.45) is 29.4 Å². The first-order chi connectivity index (χ1) is 19.2. The molecular formula is C32H45N5O3. The Morgan fingerprint density at radius 3 is 2.17 bits per heavy atom. The first kappa shape index (κ1) is 26.4. The topological polar surface area (TPSA) is 105 Å². The highest BCUT2D eigenvalue weighted by molar-refractivity contribution is 5.84. The summed E-state index contributed by atoms with van der Waals surface area (Å²) in [6, 6.07) is 9.69. The molecule has 2 saturated carbocycles. The van der Waals surface area contributed by atoms with Gasteiger partial charge in [-0.05, 0) is 74.3 Å². The standard InChI is InChI=1S/C32H45N5O3/c1-19-11-20(2)28-16-24(15-27(19)36(28)23-13-21-7-3-4-8-22(12-21)14-23)37-26-10-6-5-9-25(26)34-29(30(37)38)35-17-32(33,18-35)31(39)40/h5-6,9-10,19-24,27-28H,3-4,7-8,11-18,33H2,1-2H3,(H,39,40)/t19-,20+,21-,22+,23?,24?,27+,28-. The largest absolute Gasteiger partial charge is 0.480 e. The van der Waals surface area contributed by atoms with Crippen LogP contribution in [0.5, 0.6) is 0 Å². The van der Waals surface area contributed by atoms with Crippen molar-refractivity contribution in [1.82, 2.24) is 14.5 Å². The molecule has 4 bridgehead atoms. The van der Waals surface area contributed by atoms with Gasteiger partial charge in [-0.1, -0.05) is 51.7 Å². The first-order valence-corrected chi connectivity index (χ1v) is 15.8. The third-order valence-corrected chi connectivity index (χ3v) is 11.4. The number of aromatic nitrogens is 2. The number of carbonyl (C=O) groups is 1. The molecule has 3 N–H and O–H groups in total. The number of hydrogen-bond donors (Lipinski definition) is 2. The molecule has 8 nitrogen and oxygen atoms in total. The Kier molecular flexibility index (Phi) is 6.50. The van der Waals surface area contributed by atoms with Crippen molar-refractivity contribution in [3.63, 3.8) is 0 Å². The van der Waals surface area contributed by atoms with Crippen molar-refractivity contribution in [2.45, 2.75) is 108 Å². The highest BCUT2D eigenvalue weighted by Crippen LogP contribution is 2.49. The molecular weight excluding hydrogens is 502 g/mol. The van der Waals surface area contributed by atoms with Crippen LogP contribution in [-0.4, -0.2) is 62.3 Å². The van der Waals surface area contributed by atoms with Gasteiger partial charge in [-0.2, -0.15) is 0 Å². The van der Waals surface area contributed by atoms with Gasteiger partial charge in [0.1, 0.15) is 5.54 Å². The second-order valence-electron chi connectivity index (χ2n) is 14.2. The lowest BCUT2D eigenvalue weighted by Gasteiger charge is -2.58. The summed E-state index contributed by atoms with van der Waals surface area (Å²) in [6.45, 7) is 5.08. The minimum atomic E-state index is -1.32. The number of nitrogens with two attached hydrogens (primary N) is 1. The zero-order chi connectivity index (χ0) is 27.8. The highest BCUT2D eigenvalue weighted by atomic mass is 16.4. The molecule has 2 unspecified atom stereocenters. The fourth-order valence-corrected chi connectivity index (χ4v) is 9.59. The van der Waals surface area contributed by atoms with Crippen LogP contribution in [0, 0.1) is 23.7 Å². The summed E-state index contributed by atoms with van der Waals surface area (Å²) in [5, 5.41) is 9.54. The Balaban J connectivity index is 1.24. The van der Waals surface area contributed by atoms with Crippen molar-refractivity contribution in [1.29, 1.82) is 0 Å². The molecule has 1 aromatic carbocycles. The molecule has 40 heavy (non-hydrogen) atoms. The normalized spacial score (nSPS) is 37.5. The fourth-order valence-electron chi connectivity index (χ4n) is 9.59. The van der Waals surface area contributed by atoms with E-state index in [1.807, 2.05) is 28.8 Å². The maximum Gasteiger partial charge on any atom is 0.327 e. The lowest BCUT2D eigenvalue weighted by atomic mass is 9.68. The number of anilines is 1. The van der Waals surface area contributed by atoms with Gasteiger partial charge in [0.25, 0.3) is 5.56 Å². The molecule has 8 atom stereocenters. The van der Waals surface area contributed by atoms with Crippen LogP contribution in [0.3, 0.4) is 0 Å². The second kappa shape index (κ2) is 9.83. The Morgan fingerprint density at radius 2 is 1.55 bits per heavy atom. The summed E-state index contributed by atoms with van der Waals surface area (Å²) in [4.78, 5) is 35.3. The molecule has 0 spiro atoms. The van der Waals surface area contributed by atoms with E-state index in [2.05, 4.69) is 18.7 Å².